The second-order valence-electron chi connectivity index (χ2n) is 7.51. The third-order valence-corrected chi connectivity index (χ3v) is 5.46. The molecule has 0 radical (unpaired) electrons. The van der Waals surface area contributed by atoms with Crippen LogP contribution in [0.2, 0.25) is 0 Å². The molecule has 1 fully saturated rings. The average Bonchev–Trinajstić information content (AvgIpc) is 3.28. The summed E-state index contributed by atoms with van der Waals surface area (Å²) in [5.41, 5.74) is 2.95. The Labute approximate surface area is 163 Å². The van der Waals surface area contributed by atoms with Crippen LogP contribution in [0.3, 0.4) is 0 Å². The van der Waals surface area contributed by atoms with E-state index in [-0.39, 0.29) is 12.3 Å². The van der Waals surface area contributed by atoms with Gasteiger partial charge in [0.25, 0.3) is 0 Å². The Morgan fingerprint density at radius 3 is 3.07 bits per heavy atom. The van der Waals surface area contributed by atoms with Gasteiger partial charge in [0.05, 0.1) is 12.3 Å². The molecule has 0 saturated carbocycles. The van der Waals surface area contributed by atoms with Crippen molar-refractivity contribution < 1.29 is 14.2 Å². The van der Waals surface area contributed by atoms with Crippen molar-refractivity contribution in [3.63, 3.8) is 0 Å². The summed E-state index contributed by atoms with van der Waals surface area (Å²) in [6, 6.07) is 8.35. The normalized spacial score (nSPS) is 24.6. The zero-order chi connectivity index (χ0) is 19.1. The predicted octanol–water partition coefficient (Wildman–Crippen LogP) is 2.98. The molecule has 2 aliphatic rings. The van der Waals surface area contributed by atoms with E-state index in [0.717, 1.165) is 46.8 Å². The third-order valence-electron chi connectivity index (χ3n) is 5.46. The third kappa shape index (κ3) is 3.10. The summed E-state index contributed by atoms with van der Waals surface area (Å²) in [7, 11) is 0. The van der Waals surface area contributed by atoms with E-state index in [1.165, 1.54) is 0 Å². The second-order valence-corrected chi connectivity index (χ2v) is 7.51. The lowest BCUT2D eigenvalue weighted by Crippen LogP contribution is -2.28. The zero-order valence-corrected chi connectivity index (χ0v) is 16.1. The van der Waals surface area contributed by atoms with E-state index in [1.54, 1.807) is 6.33 Å². The molecule has 2 aromatic heterocycles. The highest BCUT2D eigenvalue weighted by molar-refractivity contribution is 5.78. The highest BCUT2D eigenvalue weighted by Gasteiger charge is 2.30. The summed E-state index contributed by atoms with van der Waals surface area (Å²) in [5, 5.41) is 4.52. The number of rotatable bonds is 3. The molecule has 1 N–H and O–H groups in total. The topological polar surface area (TPSA) is 70.4 Å². The highest BCUT2D eigenvalue weighted by atomic mass is 16.6. The molecule has 1 saturated heterocycles. The van der Waals surface area contributed by atoms with Gasteiger partial charge in [-0.05, 0) is 32.0 Å². The van der Waals surface area contributed by atoms with Crippen LogP contribution < -0.4 is 14.8 Å². The van der Waals surface area contributed by atoms with Crippen molar-refractivity contribution >= 4 is 11.0 Å². The highest BCUT2D eigenvalue weighted by Crippen LogP contribution is 2.34. The van der Waals surface area contributed by atoms with Crippen LogP contribution in [-0.4, -0.2) is 39.9 Å². The number of aromatic nitrogens is 3. The second kappa shape index (κ2) is 7.07. The molecule has 0 spiro atoms. The summed E-state index contributed by atoms with van der Waals surface area (Å²) in [4.78, 5) is 8.70. The van der Waals surface area contributed by atoms with Crippen LogP contribution in [0.15, 0.2) is 36.8 Å². The number of hydrogen-bond donors (Lipinski definition) is 1. The van der Waals surface area contributed by atoms with E-state index in [2.05, 4.69) is 26.8 Å². The first-order valence-electron chi connectivity index (χ1n) is 9.73. The quantitative estimate of drug-likeness (QED) is 0.753. The summed E-state index contributed by atoms with van der Waals surface area (Å²) < 4.78 is 20.4. The molecule has 4 heterocycles. The number of fused-ring (bicyclic) bond motifs is 2. The molecule has 0 aliphatic carbocycles. The summed E-state index contributed by atoms with van der Waals surface area (Å²) in [6.07, 6.45) is 4.28. The van der Waals surface area contributed by atoms with E-state index in [4.69, 9.17) is 14.2 Å². The van der Waals surface area contributed by atoms with Crippen molar-refractivity contribution in [3.8, 4) is 11.5 Å². The molecule has 7 nitrogen and oxygen atoms in total. The lowest BCUT2D eigenvalue weighted by Gasteiger charge is -2.17. The molecule has 28 heavy (non-hydrogen) atoms. The van der Waals surface area contributed by atoms with E-state index >= 15 is 0 Å². The van der Waals surface area contributed by atoms with Gasteiger partial charge in [-0.25, -0.2) is 9.97 Å². The number of nitrogens with zero attached hydrogens (tertiary/aromatic N) is 3. The Balaban J connectivity index is 1.34. The first-order valence-corrected chi connectivity index (χ1v) is 9.73. The molecule has 5 rings (SSSR count). The maximum atomic E-state index is 6.34. The van der Waals surface area contributed by atoms with Gasteiger partial charge in [0.15, 0.2) is 0 Å². The van der Waals surface area contributed by atoms with Crippen LogP contribution in [0, 0.1) is 6.92 Å². The largest absolute Gasteiger partial charge is 0.491 e. The Bertz CT molecular complexity index is 1000. The van der Waals surface area contributed by atoms with Gasteiger partial charge in [-0.1, -0.05) is 6.07 Å². The molecule has 0 bridgehead atoms. The SMILES string of the molecule is Cc1ncnc2c1ccn2[C@@H]1CC(Oc2cccc3c2CNC(C)CO3)CO1. The number of aryl methyl sites for hydroxylation is 1. The average molecular weight is 380 g/mol. The Morgan fingerprint density at radius 1 is 1.21 bits per heavy atom. The Morgan fingerprint density at radius 2 is 2.14 bits per heavy atom. The summed E-state index contributed by atoms with van der Waals surface area (Å²) >= 11 is 0. The van der Waals surface area contributed by atoms with Gasteiger partial charge in [0, 0.05) is 36.2 Å². The maximum Gasteiger partial charge on any atom is 0.145 e. The van der Waals surface area contributed by atoms with Gasteiger partial charge in [-0.15, -0.1) is 0 Å². The lowest BCUT2D eigenvalue weighted by molar-refractivity contribution is 0.0526. The van der Waals surface area contributed by atoms with Crippen molar-refractivity contribution in [3.05, 3.63) is 48.0 Å². The van der Waals surface area contributed by atoms with Crippen LogP contribution >= 0.6 is 0 Å². The molecule has 2 aliphatic heterocycles. The molecule has 146 valence electrons. The number of nitrogens with one attached hydrogen (secondary N) is 1. The van der Waals surface area contributed by atoms with Crippen LogP contribution in [0.5, 0.6) is 11.5 Å². The minimum atomic E-state index is -0.0893. The minimum Gasteiger partial charge on any atom is -0.491 e. The fourth-order valence-electron chi connectivity index (χ4n) is 3.88. The van der Waals surface area contributed by atoms with Crippen molar-refractivity contribution in [2.45, 2.75) is 45.2 Å². The maximum absolute atomic E-state index is 6.34. The molecule has 0 amide bonds. The van der Waals surface area contributed by atoms with E-state index in [1.807, 2.05) is 37.4 Å². The first-order chi connectivity index (χ1) is 13.7. The fourth-order valence-corrected chi connectivity index (χ4v) is 3.88. The summed E-state index contributed by atoms with van der Waals surface area (Å²) in [5.74, 6) is 1.76. The van der Waals surface area contributed by atoms with Gasteiger partial charge in [0.2, 0.25) is 0 Å². The van der Waals surface area contributed by atoms with Crippen LogP contribution in [0.1, 0.15) is 30.8 Å². The molecular weight excluding hydrogens is 356 g/mol. The van der Waals surface area contributed by atoms with Gasteiger partial charge < -0.3 is 24.1 Å². The molecule has 7 heteroatoms. The van der Waals surface area contributed by atoms with Gasteiger partial charge in [-0.3, -0.25) is 0 Å². The molecule has 3 atom stereocenters. The van der Waals surface area contributed by atoms with Crippen LogP contribution in [0.25, 0.3) is 11.0 Å². The molecule has 1 aromatic carbocycles. The Hall–Kier alpha value is -2.64. The Kier molecular flexibility index (Phi) is 4.41. The molecule has 3 aromatic rings. The van der Waals surface area contributed by atoms with E-state index in [9.17, 15) is 0 Å². The van der Waals surface area contributed by atoms with Crippen molar-refractivity contribution in [1.82, 2.24) is 19.9 Å². The van der Waals surface area contributed by atoms with Gasteiger partial charge in [-0.2, -0.15) is 0 Å². The minimum absolute atomic E-state index is 0.0161. The molecular formula is C21H24N4O3. The van der Waals surface area contributed by atoms with E-state index < -0.39 is 0 Å². The zero-order valence-electron chi connectivity index (χ0n) is 16.1. The van der Waals surface area contributed by atoms with Crippen molar-refractivity contribution in [1.29, 1.82) is 0 Å². The summed E-state index contributed by atoms with van der Waals surface area (Å²) in [6.45, 7) is 6.06. The smallest absolute Gasteiger partial charge is 0.145 e. The molecule has 2 unspecified atom stereocenters. The lowest BCUT2D eigenvalue weighted by atomic mass is 10.1. The number of hydrogen-bond acceptors (Lipinski definition) is 6. The van der Waals surface area contributed by atoms with Crippen molar-refractivity contribution in [2.75, 3.05) is 13.2 Å². The number of ether oxygens (including phenoxy) is 3. The standard InChI is InChI=1S/C21H24N4O3/c1-13-10-26-18-4-3-5-19(17(18)9-22-13)28-15-8-20(27-11-15)25-7-6-16-14(2)23-12-24-21(16)25/h3-7,12-13,15,20,22H,8-11H2,1-2H3/t13?,15?,20-/m0/s1. The van der Waals surface area contributed by atoms with Crippen LogP contribution in [0.4, 0.5) is 0 Å². The van der Waals surface area contributed by atoms with Crippen molar-refractivity contribution in [2.24, 2.45) is 0 Å². The first kappa shape index (κ1) is 17.5. The van der Waals surface area contributed by atoms with Crippen LogP contribution in [-0.2, 0) is 11.3 Å². The fraction of sp³-hybridized carbons (Fsp3) is 0.429. The van der Waals surface area contributed by atoms with Gasteiger partial charge >= 0.3 is 0 Å². The predicted molar refractivity (Wildman–Crippen MR) is 105 cm³/mol. The number of benzene rings is 1. The monoisotopic (exact) mass is 380 g/mol. The van der Waals surface area contributed by atoms with Gasteiger partial charge in [0.1, 0.15) is 42.4 Å². The van der Waals surface area contributed by atoms with E-state index in [0.29, 0.717) is 19.3 Å².